The van der Waals surface area contributed by atoms with Gasteiger partial charge in [-0.25, -0.2) is 4.98 Å². The second-order valence-electron chi connectivity index (χ2n) is 5.45. The van der Waals surface area contributed by atoms with Crippen LogP contribution in [-0.4, -0.2) is 52.5 Å². The molecule has 24 heavy (non-hydrogen) atoms. The molecule has 0 aliphatic carbocycles. The average Bonchev–Trinajstić information content (AvgIpc) is 2.91. The van der Waals surface area contributed by atoms with Crippen molar-refractivity contribution in [1.82, 2.24) is 19.3 Å². The molecule has 3 N–H and O–H groups in total. The maximum absolute atomic E-state index is 12.7. The highest BCUT2D eigenvalue weighted by Gasteiger charge is 2.28. The number of halogens is 2. The average molecular weight is 428 g/mol. The summed E-state index contributed by atoms with van der Waals surface area (Å²) in [5.74, 6) is 0.225. The monoisotopic (exact) mass is 427 g/mol. The van der Waals surface area contributed by atoms with Crippen LogP contribution in [0.25, 0.3) is 11.0 Å². The first-order valence-electron chi connectivity index (χ1n) is 6.71. The van der Waals surface area contributed by atoms with E-state index in [1.807, 2.05) is 0 Å². The van der Waals surface area contributed by atoms with Crippen LogP contribution in [0.5, 0.6) is 0 Å². The molecule has 132 valence electrons. The molecule has 2 rings (SSSR count). The first-order chi connectivity index (χ1) is 11.1. The van der Waals surface area contributed by atoms with Crippen LogP contribution in [0.3, 0.4) is 0 Å². The summed E-state index contributed by atoms with van der Waals surface area (Å²) in [5, 5.41) is 0.787. The molecule has 2 atom stereocenters. The van der Waals surface area contributed by atoms with Crippen molar-refractivity contribution >= 4 is 78.0 Å². The Bertz CT molecular complexity index is 821. The lowest BCUT2D eigenvalue weighted by Gasteiger charge is -2.17. The summed E-state index contributed by atoms with van der Waals surface area (Å²) < 4.78 is 28.5. The highest BCUT2D eigenvalue weighted by atomic mass is 35.5. The van der Waals surface area contributed by atoms with Crippen LogP contribution in [0.15, 0.2) is 0 Å². The van der Waals surface area contributed by atoms with E-state index in [-0.39, 0.29) is 20.9 Å². The number of rotatable bonds is 5. The minimum absolute atomic E-state index is 0.0318. The van der Waals surface area contributed by atoms with Crippen LogP contribution in [0.2, 0.25) is 10.0 Å². The second kappa shape index (κ2) is 7.42. The maximum Gasteiger partial charge on any atom is 0.170 e. The van der Waals surface area contributed by atoms with E-state index in [9.17, 15) is 9.13 Å². The van der Waals surface area contributed by atoms with Gasteiger partial charge in [-0.2, -0.15) is 0 Å². The third-order valence-electron chi connectivity index (χ3n) is 3.30. The largest absolute Gasteiger partial charge is 0.387 e. The first-order valence-corrected chi connectivity index (χ1v) is 10.6. The summed E-state index contributed by atoms with van der Waals surface area (Å²) in [6.07, 6.45) is 0. The zero-order chi connectivity index (χ0) is 18.3. The molecule has 0 amide bonds. The Balaban J connectivity index is 2.98. The molecular weight excluding hydrogens is 411 g/mol. The van der Waals surface area contributed by atoms with E-state index >= 15 is 0 Å². The zero-order valence-electron chi connectivity index (χ0n) is 13.4. The fourth-order valence-electron chi connectivity index (χ4n) is 2.13. The third-order valence-corrected chi connectivity index (χ3v) is 8.13. The Morgan fingerprint density at radius 1 is 1.08 bits per heavy atom. The number of nitrogens with zero attached hydrogens (tertiary/aromatic N) is 3. The molecule has 0 aliphatic heterocycles. The van der Waals surface area contributed by atoms with Crippen molar-refractivity contribution in [2.75, 3.05) is 28.2 Å². The molecular formula is C12H17Cl2N5O2P2S. The van der Waals surface area contributed by atoms with Crippen LogP contribution >= 0.6 is 51.3 Å². The van der Waals surface area contributed by atoms with Crippen molar-refractivity contribution < 1.29 is 9.13 Å². The lowest BCUT2D eigenvalue weighted by molar-refractivity contribution is 0.543. The maximum atomic E-state index is 12.7. The van der Waals surface area contributed by atoms with E-state index in [4.69, 9.17) is 41.2 Å². The van der Waals surface area contributed by atoms with Crippen molar-refractivity contribution in [3.05, 3.63) is 15.9 Å². The summed E-state index contributed by atoms with van der Waals surface area (Å²) in [6, 6.07) is 0. The standard InChI is InChI=1S/C12H17Cl2N5O2P2S/c1-18(2)22(20)9-5(13)6(14)10(23(21)19(3)4)8-7(9)16-12(17-8)11(15)24/h22-23H,1-4H3,(H2,15,24)(H,16,17). The van der Waals surface area contributed by atoms with Gasteiger partial charge in [0.1, 0.15) is 10.5 Å². The van der Waals surface area contributed by atoms with E-state index in [1.165, 1.54) is 9.34 Å². The quantitative estimate of drug-likeness (QED) is 0.554. The summed E-state index contributed by atoms with van der Waals surface area (Å²) >= 11 is 17.7. The van der Waals surface area contributed by atoms with E-state index < -0.39 is 15.9 Å². The Labute approximate surface area is 156 Å². The number of thiocarbonyl (C=S) groups is 1. The number of hydrogen-bond acceptors (Lipinski definition) is 4. The number of fused-ring (bicyclic) bond motifs is 1. The number of hydrogen-bond donors (Lipinski definition) is 2. The highest BCUT2D eigenvalue weighted by Crippen LogP contribution is 2.39. The van der Waals surface area contributed by atoms with E-state index in [2.05, 4.69) is 9.97 Å². The van der Waals surface area contributed by atoms with Crippen LogP contribution < -0.4 is 16.3 Å². The van der Waals surface area contributed by atoms with Gasteiger partial charge >= 0.3 is 0 Å². The first kappa shape index (κ1) is 19.9. The molecule has 0 fully saturated rings. The Morgan fingerprint density at radius 3 is 2.00 bits per heavy atom. The number of nitrogens with one attached hydrogen (secondary N) is 1. The van der Waals surface area contributed by atoms with Gasteiger partial charge in [0.2, 0.25) is 0 Å². The van der Waals surface area contributed by atoms with E-state index in [0.717, 1.165) is 0 Å². The molecule has 2 unspecified atom stereocenters. The molecule has 1 aromatic carbocycles. The predicted octanol–water partition coefficient (Wildman–Crippen LogP) is 1.83. The second-order valence-corrected chi connectivity index (χ2v) is 10.7. The molecule has 2 aromatic rings. The summed E-state index contributed by atoms with van der Waals surface area (Å²) in [6.45, 7) is 0. The van der Waals surface area contributed by atoms with Gasteiger partial charge in [0, 0.05) is 0 Å². The molecule has 0 radical (unpaired) electrons. The summed E-state index contributed by atoms with van der Waals surface area (Å²) in [5.41, 5.74) is 6.35. The number of nitrogens with two attached hydrogens (primary N) is 1. The van der Waals surface area contributed by atoms with Crippen LogP contribution in [0, 0.1) is 0 Å². The van der Waals surface area contributed by atoms with Gasteiger partial charge in [-0.15, -0.1) is 0 Å². The minimum atomic E-state index is -2.44. The van der Waals surface area contributed by atoms with Crippen molar-refractivity contribution in [3.8, 4) is 0 Å². The number of H-pyrrole nitrogens is 1. The molecule has 0 saturated carbocycles. The van der Waals surface area contributed by atoms with Crippen LogP contribution in [0.1, 0.15) is 5.82 Å². The molecule has 1 aromatic heterocycles. The lowest BCUT2D eigenvalue weighted by atomic mass is 10.3. The van der Waals surface area contributed by atoms with Crippen molar-refractivity contribution in [2.24, 2.45) is 5.73 Å². The molecule has 0 aliphatic rings. The van der Waals surface area contributed by atoms with Crippen molar-refractivity contribution in [3.63, 3.8) is 0 Å². The Morgan fingerprint density at radius 2 is 1.54 bits per heavy atom. The molecule has 12 heteroatoms. The van der Waals surface area contributed by atoms with Crippen molar-refractivity contribution in [1.29, 1.82) is 0 Å². The van der Waals surface area contributed by atoms with Crippen molar-refractivity contribution in [2.45, 2.75) is 0 Å². The van der Waals surface area contributed by atoms with Gasteiger partial charge in [-0.3, -0.25) is 9.34 Å². The van der Waals surface area contributed by atoms with Gasteiger partial charge < -0.3 is 19.8 Å². The van der Waals surface area contributed by atoms with Gasteiger partial charge in [0.15, 0.2) is 21.7 Å². The van der Waals surface area contributed by atoms with Gasteiger partial charge in [0.05, 0.1) is 26.2 Å². The van der Waals surface area contributed by atoms with Gasteiger partial charge in [-0.1, -0.05) is 35.4 Å². The number of aromatic nitrogens is 2. The number of benzene rings is 1. The molecule has 0 saturated heterocycles. The lowest BCUT2D eigenvalue weighted by Crippen LogP contribution is -2.19. The molecule has 7 nitrogen and oxygen atoms in total. The normalized spacial score (nSPS) is 14.5. The van der Waals surface area contributed by atoms with Gasteiger partial charge in [-0.05, 0) is 28.2 Å². The summed E-state index contributed by atoms with van der Waals surface area (Å²) in [7, 11) is 1.79. The highest BCUT2D eigenvalue weighted by molar-refractivity contribution is 7.80. The SMILES string of the molecule is CN(C)[PH](=O)c1c(Cl)c(Cl)c([PH](=O)N(C)C)c2[nH]c(C(N)=S)nc12. The van der Waals surface area contributed by atoms with Gasteiger partial charge in [0.25, 0.3) is 0 Å². The zero-order valence-corrected chi connectivity index (χ0v) is 17.7. The topological polar surface area (TPSA) is 95.3 Å². The fraction of sp³-hybridized carbons (Fsp3) is 0.333. The third kappa shape index (κ3) is 3.42. The summed E-state index contributed by atoms with van der Waals surface area (Å²) in [4.78, 5) is 7.28. The Kier molecular flexibility index (Phi) is 6.14. The Hall–Kier alpha value is -0.460. The fourth-order valence-corrected chi connectivity index (χ4v) is 5.54. The predicted molar refractivity (Wildman–Crippen MR) is 107 cm³/mol. The van der Waals surface area contributed by atoms with E-state index in [0.29, 0.717) is 21.6 Å². The van der Waals surface area contributed by atoms with Crippen LogP contribution in [0.4, 0.5) is 0 Å². The number of imidazole rings is 1. The van der Waals surface area contributed by atoms with Crippen LogP contribution in [-0.2, 0) is 9.13 Å². The minimum Gasteiger partial charge on any atom is -0.387 e. The molecule has 0 spiro atoms. The molecule has 1 heterocycles. The number of aromatic amines is 1. The molecule has 0 bridgehead atoms. The van der Waals surface area contributed by atoms with E-state index in [1.54, 1.807) is 28.2 Å². The smallest absolute Gasteiger partial charge is 0.170 e.